The largest absolute Gasteiger partial charge is 0.393 e. The van der Waals surface area contributed by atoms with Gasteiger partial charge in [-0.15, -0.1) is 0 Å². The van der Waals surface area contributed by atoms with Crippen LogP contribution in [0, 0.1) is 5.92 Å². The highest BCUT2D eigenvalue weighted by molar-refractivity contribution is 5.80. The maximum absolute atomic E-state index is 11.4. The molecule has 1 fully saturated rings. The van der Waals surface area contributed by atoms with Crippen molar-refractivity contribution < 1.29 is 9.90 Å². The average Bonchev–Trinajstić information content (AvgIpc) is 2.20. The molecule has 0 aromatic heterocycles. The first-order chi connectivity index (χ1) is 7.09. The van der Waals surface area contributed by atoms with Crippen molar-refractivity contribution in [3.63, 3.8) is 0 Å². The predicted molar refractivity (Wildman–Crippen MR) is 60.7 cm³/mol. The van der Waals surface area contributed by atoms with E-state index in [2.05, 4.69) is 5.32 Å². The van der Waals surface area contributed by atoms with Crippen LogP contribution in [0.5, 0.6) is 0 Å². The quantitative estimate of drug-likeness (QED) is 0.727. The Morgan fingerprint density at radius 3 is 2.47 bits per heavy atom. The van der Waals surface area contributed by atoms with Crippen LogP contribution in [-0.4, -0.2) is 29.6 Å². The second-order valence-electron chi connectivity index (χ2n) is 4.83. The molecule has 0 aromatic rings. The molecule has 1 saturated carbocycles. The van der Waals surface area contributed by atoms with E-state index in [1.165, 1.54) is 0 Å². The van der Waals surface area contributed by atoms with E-state index in [-0.39, 0.29) is 12.0 Å². The highest BCUT2D eigenvalue weighted by Crippen LogP contribution is 2.18. The standard InChI is InChI=1S/C12H23NO2/c1-9(2)12(15)7-8-13-10-3-5-11(14)6-4-10/h9-11,13-14H,3-8H2,1-2H3/t10-,11+. The summed E-state index contributed by atoms with van der Waals surface area (Å²) in [7, 11) is 0. The summed E-state index contributed by atoms with van der Waals surface area (Å²) in [6, 6.07) is 0.508. The number of carbonyl (C=O) groups is 1. The van der Waals surface area contributed by atoms with Crippen molar-refractivity contribution in [2.24, 2.45) is 5.92 Å². The Morgan fingerprint density at radius 2 is 1.93 bits per heavy atom. The van der Waals surface area contributed by atoms with Crippen LogP contribution < -0.4 is 5.32 Å². The van der Waals surface area contributed by atoms with E-state index in [1.54, 1.807) is 0 Å². The summed E-state index contributed by atoms with van der Waals surface area (Å²) in [5.41, 5.74) is 0. The van der Waals surface area contributed by atoms with Crippen molar-refractivity contribution in [1.29, 1.82) is 0 Å². The monoisotopic (exact) mass is 213 g/mol. The molecule has 3 heteroatoms. The minimum absolute atomic E-state index is 0.0969. The molecule has 1 aliphatic carbocycles. The topological polar surface area (TPSA) is 49.3 Å². The Bertz CT molecular complexity index is 196. The zero-order chi connectivity index (χ0) is 11.3. The minimum Gasteiger partial charge on any atom is -0.393 e. The summed E-state index contributed by atoms with van der Waals surface area (Å²) in [5, 5.41) is 12.7. The van der Waals surface area contributed by atoms with E-state index in [1.807, 2.05) is 13.8 Å². The van der Waals surface area contributed by atoms with Gasteiger partial charge < -0.3 is 10.4 Å². The van der Waals surface area contributed by atoms with Gasteiger partial charge in [-0.25, -0.2) is 0 Å². The van der Waals surface area contributed by atoms with Crippen LogP contribution in [0.25, 0.3) is 0 Å². The lowest BCUT2D eigenvalue weighted by atomic mass is 9.93. The van der Waals surface area contributed by atoms with E-state index in [9.17, 15) is 9.90 Å². The van der Waals surface area contributed by atoms with E-state index < -0.39 is 0 Å². The number of carbonyl (C=O) groups excluding carboxylic acids is 1. The van der Waals surface area contributed by atoms with Crippen molar-refractivity contribution in [1.82, 2.24) is 5.32 Å². The molecule has 0 radical (unpaired) electrons. The number of nitrogens with one attached hydrogen (secondary N) is 1. The Balaban J connectivity index is 2.08. The molecule has 0 unspecified atom stereocenters. The van der Waals surface area contributed by atoms with E-state index >= 15 is 0 Å². The van der Waals surface area contributed by atoms with Gasteiger partial charge in [0.25, 0.3) is 0 Å². The van der Waals surface area contributed by atoms with Gasteiger partial charge in [0, 0.05) is 24.9 Å². The highest BCUT2D eigenvalue weighted by atomic mass is 16.3. The summed E-state index contributed by atoms with van der Waals surface area (Å²) >= 11 is 0. The predicted octanol–water partition coefficient (Wildman–Crippen LogP) is 1.49. The summed E-state index contributed by atoms with van der Waals surface area (Å²) in [6.45, 7) is 4.68. The molecule has 0 saturated heterocycles. The lowest BCUT2D eigenvalue weighted by Crippen LogP contribution is -2.36. The number of aliphatic hydroxyl groups excluding tert-OH is 1. The summed E-state index contributed by atoms with van der Waals surface area (Å²) < 4.78 is 0. The van der Waals surface area contributed by atoms with Crippen LogP contribution in [0.15, 0.2) is 0 Å². The zero-order valence-electron chi connectivity index (χ0n) is 9.83. The van der Waals surface area contributed by atoms with E-state index in [0.717, 1.165) is 32.2 Å². The zero-order valence-corrected chi connectivity index (χ0v) is 9.83. The molecule has 0 aliphatic heterocycles. The minimum atomic E-state index is -0.0969. The first-order valence-corrected chi connectivity index (χ1v) is 6.03. The lowest BCUT2D eigenvalue weighted by molar-refractivity contribution is -0.121. The van der Waals surface area contributed by atoms with Crippen LogP contribution in [-0.2, 0) is 4.79 Å². The Hall–Kier alpha value is -0.410. The van der Waals surface area contributed by atoms with Crippen molar-refractivity contribution in [3.8, 4) is 0 Å². The molecule has 0 bridgehead atoms. The smallest absolute Gasteiger partial charge is 0.136 e. The SMILES string of the molecule is CC(C)C(=O)CCN[C@H]1CC[C@@H](O)CC1. The number of Topliss-reactive ketones (excluding diaryl/α,β-unsaturated/α-hetero) is 1. The fourth-order valence-electron chi connectivity index (χ4n) is 1.97. The van der Waals surface area contributed by atoms with Gasteiger partial charge in [0.15, 0.2) is 0 Å². The van der Waals surface area contributed by atoms with E-state index in [0.29, 0.717) is 18.2 Å². The van der Waals surface area contributed by atoms with Crippen LogP contribution in [0.2, 0.25) is 0 Å². The molecule has 0 aromatic carbocycles. The molecule has 1 aliphatic rings. The molecule has 1 rings (SSSR count). The Labute approximate surface area is 92.3 Å². The summed E-state index contributed by atoms with van der Waals surface area (Å²) in [6.07, 6.45) is 4.41. The molecule has 88 valence electrons. The molecule has 0 heterocycles. The summed E-state index contributed by atoms with van der Waals surface area (Å²) in [5.74, 6) is 0.485. The second kappa shape index (κ2) is 6.23. The Kier molecular flexibility index (Phi) is 5.26. The van der Waals surface area contributed by atoms with Crippen LogP contribution >= 0.6 is 0 Å². The maximum Gasteiger partial charge on any atom is 0.136 e. The van der Waals surface area contributed by atoms with Gasteiger partial charge >= 0.3 is 0 Å². The van der Waals surface area contributed by atoms with Crippen molar-refractivity contribution in [3.05, 3.63) is 0 Å². The fraction of sp³-hybridized carbons (Fsp3) is 0.917. The third-order valence-electron chi connectivity index (χ3n) is 3.15. The molecule has 0 atom stereocenters. The fourth-order valence-corrected chi connectivity index (χ4v) is 1.97. The lowest BCUT2D eigenvalue weighted by Gasteiger charge is -2.26. The molecule has 0 amide bonds. The van der Waals surface area contributed by atoms with Crippen LogP contribution in [0.1, 0.15) is 46.0 Å². The first kappa shape index (κ1) is 12.7. The molecule has 3 nitrogen and oxygen atoms in total. The van der Waals surface area contributed by atoms with Gasteiger partial charge in [0.1, 0.15) is 5.78 Å². The number of aliphatic hydroxyl groups is 1. The average molecular weight is 213 g/mol. The van der Waals surface area contributed by atoms with Gasteiger partial charge in [0.2, 0.25) is 0 Å². The molecule has 2 N–H and O–H groups in total. The number of hydrogen-bond acceptors (Lipinski definition) is 3. The molecular weight excluding hydrogens is 190 g/mol. The molecule has 15 heavy (non-hydrogen) atoms. The third-order valence-corrected chi connectivity index (χ3v) is 3.15. The maximum atomic E-state index is 11.4. The van der Waals surface area contributed by atoms with Gasteiger partial charge in [0.05, 0.1) is 6.10 Å². The number of hydrogen-bond donors (Lipinski definition) is 2. The first-order valence-electron chi connectivity index (χ1n) is 6.03. The Morgan fingerprint density at radius 1 is 1.33 bits per heavy atom. The van der Waals surface area contributed by atoms with Crippen molar-refractivity contribution in [2.45, 2.75) is 58.1 Å². The van der Waals surface area contributed by atoms with Crippen LogP contribution in [0.3, 0.4) is 0 Å². The number of ketones is 1. The second-order valence-corrected chi connectivity index (χ2v) is 4.83. The van der Waals surface area contributed by atoms with E-state index in [4.69, 9.17) is 0 Å². The van der Waals surface area contributed by atoms with Crippen LogP contribution in [0.4, 0.5) is 0 Å². The normalized spacial score (nSPS) is 26.9. The van der Waals surface area contributed by atoms with Crippen molar-refractivity contribution >= 4 is 5.78 Å². The third kappa shape index (κ3) is 4.76. The van der Waals surface area contributed by atoms with Crippen molar-refractivity contribution in [2.75, 3.05) is 6.54 Å². The number of rotatable bonds is 5. The summed E-state index contributed by atoms with van der Waals surface area (Å²) in [4.78, 5) is 11.4. The van der Waals surface area contributed by atoms with Gasteiger partial charge in [-0.3, -0.25) is 4.79 Å². The van der Waals surface area contributed by atoms with Gasteiger partial charge in [-0.2, -0.15) is 0 Å². The van der Waals surface area contributed by atoms with Gasteiger partial charge in [-0.1, -0.05) is 13.8 Å². The molecule has 0 spiro atoms. The van der Waals surface area contributed by atoms with Gasteiger partial charge in [-0.05, 0) is 25.7 Å². The molecular formula is C12H23NO2. The highest BCUT2D eigenvalue weighted by Gasteiger charge is 2.18.